The summed E-state index contributed by atoms with van der Waals surface area (Å²) in [7, 11) is 0. The SMILES string of the molecule is CCC(C(=O)NCCn1ncc2c(N3CCCCC3)nc(SC(C)C)nc21)c1ccccc1. The molecule has 1 unspecified atom stereocenters. The third-order valence-electron chi connectivity index (χ3n) is 6.00. The quantitative estimate of drug-likeness (QED) is 0.366. The highest BCUT2D eigenvalue weighted by Crippen LogP contribution is 2.30. The van der Waals surface area contributed by atoms with Crippen molar-refractivity contribution in [1.29, 1.82) is 0 Å². The van der Waals surface area contributed by atoms with Crippen LogP contribution in [0.1, 0.15) is 57.9 Å². The van der Waals surface area contributed by atoms with E-state index in [2.05, 4.69) is 29.2 Å². The predicted octanol–water partition coefficient (Wildman–Crippen LogP) is 4.63. The molecular formula is C25H34N6OS. The fraction of sp³-hybridized carbons (Fsp3) is 0.520. The molecular weight excluding hydrogens is 432 g/mol. The van der Waals surface area contributed by atoms with Crippen molar-refractivity contribution >= 4 is 34.5 Å². The van der Waals surface area contributed by atoms with Gasteiger partial charge in [0.2, 0.25) is 5.91 Å². The van der Waals surface area contributed by atoms with Crippen molar-refractivity contribution < 1.29 is 4.79 Å². The Morgan fingerprint density at radius 1 is 1.12 bits per heavy atom. The number of anilines is 1. The van der Waals surface area contributed by atoms with Crippen LogP contribution in [0.15, 0.2) is 41.7 Å². The number of benzene rings is 1. The van der Waals surface area contributed by atoms with E-state index in [0.717, 1.165) is 47.1 Å². The van der Waals surface area contributed by atoms with Crippen molar-refractivity contribution in [1.82, 2.24) is 25.1 Å². The van der Waals surface area contributed by atoms with Crippen LogP contribution in [-0.4, -0.2) is 50.5 Å². The van der Waals surface area contributed by atoms with Gasteiger partial charge in [0, 0.05) is 24.9 Å². The summed E-state index contributed by atoms with van der Waals surface area (Å²) in [4.78, 5) is 24.9. The van der Waals surface area contributed by atoms with Crippen LogP contribution in [0.4, 0.5) is 5.82 Å². The van der Waals surface area contributed by atoms with Crippen LogP contribution in [0.2, 0.25) is 0 Å². The van der Waals surface area contributed by atoms with Gasteiger partial charge in [-0.05, 0) is 31.2 Å². The Morgan fingerprint density at radius 2 is 1.88 bits per heavy atom. The number of carbonyl (C=O) groups excluding carboxylic acids is 1. The van der Waals surface area contributed by atoms with Gasteiger partial charge in [-0.25, -0.2) is 14.6 Å². The number of rotatable bonds is 9. The summed E-state index contributed by atoms with van der Waals surface area (Å²) < 4.78 is 1.90. The lowest BCUT2D eigenvalue weighted by molar-refractivity contribution is -0.122. The van der Waals surface area contributed by atoms with Crippen LogP contribution in [0.5, 0.6) is 0 Å². The number of fused-ring (bicyclic) bond motifs is 1. The Bertz CT molecular complexity index is 1060. The molecule has 0 aliphatic carbocycles. The highest BCUT2D eigenvalue weighted by Gasteiger charge is 2.21. The zero-order valence-electron chi connectivity index (χ0n) is 19.8. The molecule has 3 heterocycles. The summed E-state index contributed by atoms with van der Waals surface area (Å²) in [5.41, 5.74) is 1.90. The van der Waals surface area contributed by atoms with E-state index in [1.807, 2.05) is 48.1 Å². The van der Waals surface area contributed by atoms with Gasteiger partial charge in [0.15, 0.2) is 10.8 Å². The zero-order valence-corrected chi connectivity index (χ0v) is 20.6. The van der Waals surface area contributed by atoms with Crippen LogP contribution < -0.4 is 10.2 Å². The highest BCUT2D eigenvalue weighted by atomic mass is 32.2. The van der Waals surface area contributed by atoms with Gasteiger partial charge in [-0.15, -0.1) is 0 Å². The lowest BCUT2D eigenvalue weighted by Gasteiger charge is -2.28. The lowest BCUT2D eigenvalue weighted by atomic mass is 9.96. The monoisotopic (exact) mass is 466 g/mol. The van der Waals surface area contributed by atoms with Gasteiger partial charge in [-0.1, -0.05) is 62.9 Å². The van der Waals surface area contributed by atoms with Gasteiger partial charge >= 0.3 is 0 Å². The molecule has 2 aromatic heterocycles. The molecule has 1 saturated heterocycles. The van der Waals surface area contributed by atoms with Crippen molar-refractivity contribution in [2.24, 2.45) is 0 Å². The molecule has 1 aliphatic heterocycles. The Hall–Kier alpha value is -2.61. The first-order valence-corrected chi connectivity index (χ1v) is 12.9. The molecule has 1 aromatic carbocycles. The third-order valence-corrected chi connectivity index (χ3v) is 6.87. The van der Waals surface area contributed by atoms with Gasteiger partial charge in [-0.2, -0.15) is 5.10 Å². The molecule has 176 valence electrons. The molecule has 1 aliphatic rings. The first kappa shape index (κ1) is 23.5. The summed E-state index contributed by atoms with van der Waals surface area (Å²) in [5.74, 6) is 0.913. The van der Waals surface area contributed by atoms with Crippen LogP contribution in [-0.2, 0) is 11.3 Å². The Kier molecular flexibility index (Phi) is 7.85. The molecule has 4 rings (SSSR count). The van der Waals surface area contributed by atoms with Crippen LogP contribution in [0.3, 0.4) is 0 Å². The van der Waals surface area contributed by atoms with E-state index in [0.29, 0.717) is 18.3 Å². The zero-order chi connectivity index (χ0) is 23.2. The predicted molar refractivity (Wildman–Crippen MR) is 135 cm³/mol. The average molecular weight is 467 g/mol. The summed E-state index contributed by atoms with van der Waals surface area (Å²) in [5, 5.41) is 9.90. The van der Waals surface area contributed by atoms with E-state index >= 15 is 0 Å². The minimum Gasteiger partial charge on any atom is -0.356 e. The second-order valence-electron chi connectivity index (χ2n) is 8.81. The first-order chi connectivity index (χ1) is 16.1. The maximum Gasteiger partial charge on any atom is 0.227 e. The Morgan fingerprint density at radius 3 is 2.58 bits per heavy atom. The number of piperidine rings is 1. The van der Waals surface area contributed by atoms with Crippen LogP contribution in [0.25, 0.3) is 11.0 Å². The molecule has 33 heavy (non-hydrogen) atoms. The van der Waals surface area contributed by atoms with E-state index in [-0.39, 0.29) is 11.8 Å². The first-order valence-electron chi connectivity index (χ1n) is 12.0. The van der Waals surface area contributed by atoms with E-state index < -0.39 is 0 Å². The number of hydrogen-bond donors (Lipinski definition) is 1. The minimum atomic E-state index is -0.136. The number of nitrogens with zero attached hydrogens (tertiary/aromatic N) is 5. The Labute approximate surface area is 200 Å². The van der Waals surface area contributed by atoms with E-state index in [9.17, 15) is 4.79 Å². The standard InChI is InChI=1S/C25H34N6OS/c1-4-20(19-11-7-5-8-12-19)24(32)26-13-16-31-23-21(17-27-31)22(30-14-9-6-10-15-30)28-25(29-23)33-18(2)3/h5,7-8,11-12,17-18,20H,4,6,9-10,13-16H2,1-3H3,(H,26,32). The Balaban J connectivity index is 1.51. The van der Waals surface area contributed by atoms with E-state index in [4.69, 9.17) is 9.97 Å². The maximum absolute atomic E-state index is 12.8. The largest absolute Gasteiger partial charge is 0.356 e. The highest BCUT2D eigenvalue weighted by molar-refractivity contribution is 7.99. The van der Waals surface area contributed by atoms with Crippen LogP contribution >= 0.6 is 11.8 Å². The molecule has 8 heteroatoms. The lowest BCUT2D eigenvalue weighted by Crippen LogP contribution is -2.32. The normalized spacial score (nSPS) is 15.2. The summed E-state index contributed by atoms with van der Waals surface area (Å²) in [6.45, 7) is 9.49. The fourth-order valence-electron chi connectivity index (χ4n) is 4.36. The molecule has 1 amide bonds. The average Bonchev–Trinajstić information content (AvgIpc) is 3.23. The molecule has 1 fully saturated rings. The van der Waals surface area contributed by atoms with Crippen molar-refractivity contribution in [3.05, 3.63) is 42.1 Å². The van der Waals surface area contributed by atoms with Crippen LogP contribution in [0, 0.1) is 0 Å². The maximum atomic E-state index is 12.8. The number of nitrogens with one attached hydrogen (secondary N) is 1. The van der Waals surface area contributed by atoms with Crippen molar-refractivity contribution in [2.45, 2.75) is 69.3 Å². The summed E-state index contributed by atoms with van der Waals surface area (Å²) >= 11 is 1.68. The van der Waals surface area contributed by atoms with Crippen molar-refractivity contribution in [2.75, 3.05) is 24.5 Å². The number of thioether (sulfide) groups is 1. The van der Waals surface area contributed by atoms with Crippen molar-refractivity contribution in [3.8, 4) is 0 Å². The molecule has 3 aromatic rings. The number of aromatic nitrogens is 4. The summed E-state index contributed by atoms with van der Waals surface area (Å²) in [6.07, 6.45) is 6.31. The molecule has 0 bridgehead atoms. The summed E-state index contributed by atoms with van der Waals surface area (Å²) in [6, 6.07) is 9.97. The second-order valence-corrected chi connectivity index (χ2v) is 10.4. The van der Waals surface area contributed by atoms with Gasteiger partial charge in [-0.3, -0.25) is 4.79 Å². The number of carbonyl (C=O) groups is 1. The smallest absolute Gasteiger partial charge is 0.227 e. The minimum absolute atomic E-state index is 0.0554. The fourth-order valence-corrected chi connectivity index (χ4v) is 5.06. The van der Waals surface area contributed by atoms with E-state index in [1.54, 1.807) is 11.8 Å². The molecule has 0 radical (unpaired) electrons. The van der Waals surface area contributed by atoms with Gasteiger partial charge in [0.1, 0.15) is 5.82 Å². The topological polar surface area (TPSA) is 75.9 Å². The van der Waals surface area contributed by atoms with Gasteiger partial charge < -0.3 is 10.2 Å². The van der Waals surface area contributed by atoms with Gasteiger partial charge in [0.05, 0.1) is 24.0 Å². The number of amides is 1. The molecule has 0 saturated carbocycles. The molecule has 1 atom stereocenters. The molecule has 1 N–H and O–H groups in total. The molecule has 0 spiro atoms. The third kappa shape index (κ3) is 5.66. The molecule has 7 nitrogen and oxygen atoms in total. The second kappa shape index (κ2) is 11.0. The van der Waals surface area contributed by atoms with E-state index in [1.165, 1.54) is 19.3 Å². The number of hydrogen-bond acceptors (Lipinski definition) is 6. The van der Waals surface area contributed by atoms with Crippen molar-refractivity contribution in [3.63, 3.8) is 0 Å². The van der Waals surface area contributed by atoms with Gasteiger partial charge in [0.25, 0.3) is 0 Å².